The molecule has 0 aromatic heterocycles. The predicted molar refractivity (Wildman–Crippen MR) is 82.0 cm³/mol. The van der Waals surface area contributed by atoms with E-state index >= 15 is 0 Å². The fraction of sp³-hybridized carbons (Fsp3) is 1.00. The first-order chi connectivity index (χ1) is 9.54. The van der Waals surface area contributed by atoms with E-state index in [0.29, 0.717) is 25.6 Å². The molecule has 0 amide bonds. The molecule has 2 fully saturated rings. The van der Waals surface area contributed by atoms with Gasteiger partial charge in [-0.3, -0.25) is 0 Å². The number of hydrogen-bond donors (Lipinski definition) is 1. The first-order valence-corrected chi connectivity index (χ1v) is 9.45. The van der Waals surface area contributed by atoms with Crippen molar-refractivity contribution in [1.29, 1.82) is 0 Å². The maximum Gasteiger partial charge on any atom is 0.217 e. The quantitative estimate of drug-likeness (QED) is 0.818. The lowest BCUT2D eigenvalue weighted by molar-refractivity contribution is 0.250. The van der Waals surface area contributed by atoms with E-state index in [2.05, 4.69) is 11.8 Å². The summed E-state index contributed by atoms with van der Waals surface area (Å²) in [6, 6.07) is 0. The van der Waals surface area contributed by atoms with Crippen LogP contribution in [0.5, 0.6) is 0 Å². The Balaban J connectivity index is 1.91. The molecule has 0 aromatic carbocycles. The molecule has 0 bridgehead atoms. The molecule has 1 aliphatic heterocycles. The second-order valence-electron chi connectivity index (χ2n) is 6.35. The molecule has 1 unspecified atom stereocenters. The summed E-state index contributed by atoms with van der Waals surface area (Å²) >= 11 is 0. The van der Waals surface area contributed by atoms with Crippen LogP contribution >= 0.6 is 0 Å². The van der Waals surface area contributed by atoms with Crippen molar-refractivity contribution in [2.45, 2.75) is 44.3 Å². The third kappa shape index (κ3) is 3.93. The van der Waals surface area contributed by atoms with Gasteiger partial charge in [-0.15, -0.1) is 0 Å². The van der Waals surface area contributed by atoms with E-state index in [1.54, 1.807) is 4.31 Å². The highest BCUT2D eigenvalue weighted by Gasteiger charge is 2.34. The lowest BCUT2D eigenvalue weighted by Gasteiger charge is -2.25. The largest absolute Gasteiger partial charge is 0.330 e. The normalized spacial score (nSPS) is 25.7. The molecule has 2 rings (SSSR count). The number of nitrogens with zero attached hydrogens (tertiary/aromatic N) is 2. The molecule has 0 aromatic rings. The van der Waals surface area contributed by atoms with Crippen LogP contribution in [-0.4, -0.2) is 62.1 Å². The fourth-order valence-corrected chi connectivity index (χ4v) is 5.37. The Labute approximate surface area is 123 Å². The molecule has 1 aliphatic carbocycles. The topological polar surface area (TPSA) is 66.6 Å². The zero-order chi connectivity index (χ0) is 14.6. The van der Waals surface area contributed by atoms with E-state index in [9.17, 15) is 8.42 Å². The van der Waals surface area contributed by atoms with Gasteiger partial charge in [0.2, 0.25) is 10.0 Å². The van der Waals surface area contributed by atoms with E-state index in [1.807, 2.05) is 0 Å². The van der Waals surface area contributed by atoms with Crippen LogP contribution in [0.3, 0.4) is 0 Å². The van der Waals surface area contributed by atoms with Gasteiger partial charge in [0, 0.05) is 26.2 Å². The SMILES string of the molecule is CC(CN)CN1CCCN(S(=O)(=O)C2CCCC2)CC1. The first kappa shape index (κ1) is 16.2. The molecular formula is C14H29N3O2S. The average Bonchev–Trinajstić information content (AvgIpc) is 2.87. The third-order valence-electron chi connectivity index (χ3n) is 4.60. The van der Waals surface area contributed by atoms with Crippen LogP contribution in [0, 0.1) is 5.92 Å². The lowest BCUT2D eigenvalue weighted by atomic mass is 10.1. The van der Waals surface area contributed by atoms with Gasteiger partial charge in [0.25, 0.3) is 0 Å². The smallest absolute Gasteiger partial charge is 0.217 e. The van der Waals surface area contributed by atoms with Gasteiger partial charge in [-0.2, -0.15) is 0 Å². The molecule has 6 heteroatoms. The van der Waals surface area contributed by atoms with Gasteiger partial charge in [0.1, 0.15) is 0 Å². The van der Waals surface area contributed by atoms with Crippen molar-refractivity contribution in [3.05, 3.63) is 0 Å². The molecule has 0 radical (unpaired) electrons. The van der Waals surface area contributed by atoms with Crippen LogP contribution in [0.25, 0.3) is 0 Å². The molecule has 1 heterocycles. The fourth-order valence-electron chi connectivity index (χ4n) is 3.30. The minimum Gasteiger partial charge on any atom is -0.330 e. The van der Waals surface area contributed by atoms with E-state index in [0.717, 1.165) is 51.7 Å². The Hall–Kier alpha value is -0.170. The molecule has 1 atom stereocenters. The number of rotatable bonds is 5. The maximum absolute atomic E-state index is 12.6. The molecule has 1 saturated carbocycles. The summed E-state index contributed by atoms with van der Waals surface area (Å²) in [7, 11) is -3.06. The van der Waals surface area contributed by atoms with Crippen LogP contribution in [0.4, 0.5) is 0 Å². The number of hydrogen-bond acceptors (Lipinski definition) is 4. The number of nitrogens with two attached hydrogens (primary N) is 1. The highest BCUT2D eigenvalue weighted by molar-refractivity contribution is 7.89. The second-order valence-corrected chi connectivity index (χ2v) is 8.56. The van der Waals surface area contributed by atoms with Crippen LogP contribution in [0.2, 0.25) is 0 Å². The second kappa shape index (κ2) is 7.20. The third-order valence-corrected chi connectivity index (χ3v) is 7.00. The van der Waals surface area contributed by atoms with Crippen molar-refractivity contribution in [3.8, 4) is 0 Å². The van der Waals surface area contributed by atoms with Crippen LogP contribution < -0.4 is 5.73 Å². The molecule has 0 spiro atoms. The van der Waals surface area contributed by atoms with Crippen molar-refractivity contribution < 1.29 is 8.42 Å². The van der Waals surface area contributed by atoms with E-state index in [4.69, 9.17) is 5.73 Å². The highest BCUT2D eigenvalue weighted by atomic mass is 32.2. The van der Waals surface area contributed by atoms with Crippen molar-refractivity contribution in [2.24, 2.45) is 11.7 Å². The zero-order valence-electron chi connectivity index (χ0n) is 12.6. The standard InChI is InChI=1S/C14H29N3O2S/c1-13(11-15)12-16-7-4-8-17(10-9-16)20(18,19)14-5-2-3-6-14/h13-14H,2-12,15H2,1H3. The van der Waals surface area contributed by atoms with Gasteiger partial charge in [-0.25, -0.2) is 12.7 Å². The van der Waals surface area contributed by atoms with Gasteiger partial charge < -0.3 is 10.6 Å². The summed E-state index contributed by atoms with van der Waals surface area (Å²) in [6.45, 7) is 6.99. The zero-order valence-corrected chi connectivity index (χ0v) is 13.4. The number of sulfonamides is 1. The summed E-state index contributed by atoms with van der Waals surface area (Å²) < 4.78 is 27.0. The van der Waals surface area contributed by atoms with E-state index in [-0.39, 0.29) is 5.25 Å². The Morgan fingerprint density at radius 1 is 1.10 bits per heavy atom. The Morgan fingerprint density at radius 2 is 1.80 bits per heavy atom. The molecule has 5 nitrogen and oxygen atoms in total. The molecule has 2 N–H and O–H groups in total. The van der Waals surface area contributed by atoms with E-state index < -0.39 is 10.0 Å². The Kier molecular flexibility index (Phi) is 5.84. The van der Waals surface area contributed by atoms with Crippen molar-refractivity contribution in [2.75, 3.05) is 39.3 Å². The molecular weight excluding hydrogens is 274 g/mol. The molecule has 118 valence electrons. The van der Waals surface area contributed by atoms with Gasteiger partial charge in [-0.1, -0.05) is 19.8 Å². The molecule has 2 aliphatic rings. The van der Waals surface area contributed by atoms with E-state index in [1.165, 1.54) is 0 Å². The highest BCUT2D eigenvalue weighted by Crippen LogP contribution is 2.27. The Bertz CT molecular complexity index is 393. The van der Waals surface area contributed by atoms with Crippen molar-refractivity contribution in [3.63, 3.8) is 0 Å². The minimum atomic E-state index is -3.06. The summed E-state index contributed by atoms with van der Waals surface area (Å²) in [4.78, 5) is 2.36. The summed E-state index contributed by atoms with van der Waals surface area (Å²) in [5.41, 5.74) is 5.67. The van der Waals surface area contributed by atoms with Crippen molar-refractivity contribution >= 4 is 10.0 Å². The molecule has 20 heavy (non-hydrogen) atoms. The van der Waals surface area contributed by atoms with Gasteiger partial charge in [-0.05, 0) is 38.3 Å². The monoisotopic (exact) mass is 303 g/mol. The summed E-state index contributed by atoms with van der Waals surface area (Å²) in [5, 5.41) is -0.114. The predicted octanol–water partition coefficient (Wildman–Crippen LogP) is 0.861. The van der Waals surface area contributed by atoms with Gasteiger partial charge in [0.05, 0.1) is 5.25 Å². The molecule has 1 saturated heterocycles. The van der Waals surface area contributed by atoms with Crippen LogP contribution in [0.1, 0.15) is 39.0 Å². The van der Waals surface area contributed by atoms with Gasteiger partial charge >= 0.3 is 0 Å². The maximum atomic E-state index is 12.6. The van der Waals surface area contributed by atoms with Crippen LogP contribution in [-0.2, 0) is 10.0 Å². The van der Waals surface area contributed by atoms with Crippen molar-refractivity contribution in [1.82, 2.24) is 9.21 Å². The van der Waals surface area contributed by atoms with Gasteiger partial charge in [0.15, 0.2) is 0 Å². The minimum absolute atomic E-state index is 0.114. The summed E-state index contributed by atoms with van der Waals surface area (Å²) in [6.07, 6.45) is 4.78. The summed E-state index contributed by atoms with van der Waals surface area (Å²) in [5.74, 6) is 0.480. The first-order valence-electron chi connectivity index (χ1n) is 7.95. The average molecular weight is 303 g/mol. The Morgan fingerprint density at radius 3 is 2.45 bits per heavy atom. The van der Waals surface area contributed by atoms with Crippen LogP contribution in [0.15, 0.2) is 0 Å². The lowest BCUT2D eigenvalue weighted by Crippen LogP contribution is -2.40.